The largest absolute Gasteiger partial charge is 0.379 e. The summed E-state index contributed by atoms with van der Waals surface area (Å²) in [7, 11) is -3.64. The van der Waals surface area contributed by atoms with Gasteiger partial charge in [0.1, 0.15) is 10.6 Å². The molecule has 0 saturated carbocycles. The Morgan fingerprint density at radius 2 is 1.86 bits per heavy atom. The first kappa shape index (κ1) is 21.5. The Balaban J connectivity index is 1.75. The first-order valence-electron chi connectivity index (χ1n) is 9.99. The van der Waals surface area contributed by atoms with E-state index in [4.69, 9.17) is 4.74 Å². The Morgan fingerprint density at radius 1 is 1.21 bits per heavy atom. The van der Waals surface area contributed by atoms with Gasteiger partial charge in [-0.3, -0.25) is 4.79 Å². The molecule has 0 bridgehead atoms. The number of carbonyl (C=O) groups is 1. The summed E-state index contributed by atoms with van der Waals surface area (Å²) in [4.78, 5) is 15.7. The van der Waals surface area contributed by atoms with Gasteiger partial charge in [-0.15, -0.1) is 0 Å². The number of morpholine rings is 1. The molecule has 1 amide bonds. The van der Waals surface area contributed by atoms with E-state index in [0.29, 0.717) is 26.3 Å². The Labute approximate surface area is 172 Å². The van der Waals surface area contributed by atoms with Crippen LogP contribution in [0.3, 0.4) is 0 Å². The SMILES string of the molecule is CCc1ccc(C(NC(=O)c2cc(S(=O)(=O)N3CCOCC3)c[nH]2)C(C)C)cc1. The lowest BCUT2D eigenvalue weighted by Crippen LogP contribution is -2.40. The van der Waals surface area contributed by atoms with Crippen molar-refractivity contribution in [2.75, 3.05) is 26.3 Å². The maximum absolute atomic E-state index is 12.8. The molecule has 0 aliphatic carbocycles. The average Bonchev–Trinajstić information content (AvgIpc) is 3.24. The van der Waals surface area contributed by atoms with Crippen LogP contribution in [0, 0.1) is 5.92 Å². The van der Waals surface area contributed by atoms with Crippen molar-refractivity contribution in [2.24, 2.45) is 5.92 Å². The van der Waals surface area contributed by atoms with Crippen molar-refractivity contribution in [3.63, 3.8) is 0 Å². The van der Waals surface area contributed by atoms with E-state index in [-0.39, 0.29) is 28.5 Å². The summed E-state index contributed by atoms with van der Waals surface area (Å²) in [6.45, 7) is 7.58. The van der Waals surface area contributed by atoms with Gasteiger partial charge in [0.2, 0.25) is 10.0 Å². The van der Waals surface area contributed by atoms with E-state index >= 15 is 0 Å². The zero-order chi connectivity index (χ0) is 21.0. The molecule has 1 aliphatic heterocycles. The number of amides is 1. The number of sulfonamides is 1. The van der Waals surface area contributed by atoms with Crippen molar-refractivity contribution in [3.8, 4) is 0 Å². The van der Waals surface area contributed by atoms with Gasteiger partial charge in [-0.05, 0) is 29.5 Å². The van der Waals surface area contributed by atoms with Gasteiger partial charge in [0, 0.05) is 19.3 Å². The zero-order valence-electron chi connectivity index (χ0n) is 17.1. The van der Waals surface area contributed by atoms with Gasteiger partial charge in [0.05, 0.1) is 19.3 Å². The van der Waals surface area contributed by atoms with Gasteiger partial charge in [0.15, 0.2) is 0 Å². The van der Waals surface area contributed by atoms with Crippen LogP contribution < -0.4 is 5.32 Å². The van der Waals surface area contributed by atoms with Gasteiger partial charge in [-0.2, -0.15) is 4.31 Å². The molecule has 0 spiro atoms. The molecule has 3 rings (SSSR count). The highest BCUT2D eigenvalue weighted by atomic mass is 32.2. The minimum Gasteiger partial charge on any atom is -0.379 e. The quantitative estimate of drug-likeness (QED) is 0.722. The van der Waals surface area contributed by atoms with Gasteiger partial charge in [-0.25, -0.2) is 8.42 Å². The molecule has 0 radical (unpaired) electrons. The third-order valence-corrected chi connectivity index (χ3v) is 7.09. The second kappa shape index (κ2) is 9.11. The van der Waals surface area contributed by atoms with Crippen LogP contribution in [-0.4, -0.2) is 49.9 Å². The zero-order valence-corrected chi connectivity index (χ0v) is 18.0. The Bertz CT molecular complexity index is 929. The highest BCUT2D eigenvalue weighted by molar-refractivity contribution is 7.89. The van der Waals surface area contributed by atoms with Gasteiger partial charge in [0.25, 0.3) is 5.91 Å². The number of ether oxygens (including phenoxy) is 1. The molecular weight excluding hydrogens is 390 g/mol. The van der Waals surface area contributed by atoms with Crippen molar-refractivity contribution in [1.82, 2.24) is 14.6 Å². The van der Waals surface area contributed by atoms with Crippen molar-refractivity contribution in [2.45, 2.75) is 38.1 Å². The molecule has 1 saturated heterocycles. The molecule has 8 heteroatoms. The topological polar surface area (TPSA) is 91.5 Å². The van der Waals surface area contributed by atoms with Crippen LogP contribution in [0.25, 0.3) is 0 Å². The molecule has 2 aromatic rings. The van der Waals surface area contributed by atoms with Gasteiger partial charge < -0.3 is 15.0 Å². The smallest absolute Gasteiger partial charge is 0.268 e. The highest BCUT2D eigenvalue weighted by Crippen LogP contribution is 2.24. The molecule has 1 aromatic heterocycles. The monoisotopic (exact) mass is 419 g/mol. The van der Waals surface area contributed by atoms with Crippen molar-refractivity contribution >= 4 is 15.9 Å². The number of rotatable bonds is 7. The molecule has 1 atom stereocenters. The summed E-state index contributed by atoms with van der Waals surface area (Å²) in [6.07, 6.45) is 2.34. The van der Waals surface area contributed by atoms with E-state index in [1.54, 1.807) is 0 Å². The van der Waals surface area contributed by atoms with Crippen LogP contribution in [0.4, 0.5) is 0 Å². The molecule has 29 heavy (non-hydrogen) atoms. The molecule has 1 aliphatic rings. The molecule has 1 unspecified atom stereocenters. The van der Waals surface area contributed by atoms with Gasteiger partial charge >= 0.3 is 0 Å². The van der Waals surface area contributed by atoms with Crippen LogP contribution >= 0.6 is 0 Å². The number of aromatic nitrogens is 1. The molecular formula is C21H29N3O4S. The van der Waals surface area contributed by atoms with Gasteiger partial charge in [-0.1, -0.05) is 45.0 Å². The van der Waals surface area contributed by atoms with Crippen LogP contribution in [0.2, 0.25) is 0 Å². The number of carbonyl (C=O) groups excluding carboxylic acids is 1. The van der Waals surface area contributed by atoms with Crippen LogP contribution in [0.15, 0.2) is 41.4 Å². The lowest BCUT2D eigenvalue weighted by atomic mass is 9.94. The molecule has 1 fully saturated rings. The Morgan fingerprint density at radius 3 is 2.45 bits per heavy atom. The number of hydrogen-bond acceptors (Lipinski definition) is 4. The number of aromatic amines is 1. The fraction of sp³-hybridized carbons (Fsp3) is 0.476. The predicted molar refractivity (Wildman–Crippen MR) is 111 cm³/mol. The lowest BCUT2D eigenvalue weighted by molar-refractivity contribution is 0.0730. The maximum Gasteiger partial charge on any atom is 0.268 e. The summed E-state index contributed by atoms with van der Waals surface area (Å²) < 4.78 is 32.1. The third-order valence-electron chi connectivity index (χ3n) is 5.21. The standard InChI is InChI=1S/C21H29N3O4S/c1-4-16-5-7-17(8-6-16)20(15(2)3)23-21(25)19-13-18(14-22-19)29(26,27)24-9-11-28-12-10-24/h5-8,13-15,20,22H,4,9-12H2,1-3H3,(H,23,25). The number of nitrogens with one attached hydrogen (secondary N) is 2. The number of hydrogen-bond donors (Lipinski definition) is 2. The number of nitrogens with zero attached hydrogens (tertiary/aromatic N) is 1. The van der Waals surface area contributed by atoms with Crippen LogP contribution in [0.5, 0.6) is 0 Å². The number of benzene rings is 1. The second-order valence-electron chi connectivity index (χ2n) is 7.56. The van der Waals surface area contributed by atoms with E-state index < -0.39 is 10.0 Å². The second-order valence-corrected chi connectivity index (χ2v) is 9.49. The third kappa shape index (κ3) is 4.88. The minimum absolute atomic E-state index is 0.0953. The summed E-state index contributed by atoms with van der Waals surface area (Å²) in [6, 6.07) is 9.44. The molecule has 2 heterocycles. The Kier molecular flexibility index (Phi) is 6.77. The van der Waals surface area contributed by atoms with Crippen LogP contribution in [-0.2, 0) is 21.2 Å². The lowest BCUT2D eigenvalue weighted by Gasteiger charge is -2.25. The molecule has 1 aromatic carbocycles. The van der Waals surface area contributed by atoms with E-state index in [1.165, 1.54) is 22.1 Å². The highest BCUT2D eigenvalue weighted by Gasteiger charge is 2.28. The minimum atomic E-state index is -3.64. The van der Waals surface area contributed by atoms with Crippen molar-refractivity contribution < 1.29 is 17.9 Å². The van der Waals surface area contributed by atoms with E-state index in [9.17, 15) is 13.2 Å². The number of aryl methyl sites for hydroxylation is 1. The summed E-state index contributed by atoms with van der Waals surface area (Å²) in [5.41, 5.74) is 2.50. The van der Waals surface area contributed by atoms with Crippen molar-refractivity contribution in [1.29, 1.82) is 0 Å². The molecule has 2 N–H and O–H groups in total. The van der Waals surface area contributed by atoms with E-state index in [2.05, 4.69) is 29.4 Å². The van der Waals surface area contributed by atoms with E-state index in [1.807, 2.05) is 26.0 Å². The first-order chi connectivity index (χ1) is 13.8. The fourth-order valence-electron chi connectivity index (χ4n) is 3.41. The number of H-pyrrole nitrogens is 1. The molecule has 158 valence electrons. The maximum atomic E-state index is 12.8. The fourth-order valence-corrected chi connectivity index (χ4v) is 4.81. The van der Waals surface area contributed by atoms with E-state index in [0.717, 1.165) is 12.0 Å². The summed E-state index contributed by atoms with van der Waals surface area (Å²) in [5.74, 6) is -0.148. The summed E-state index contributed by atoms with van der Waals surface area (Å²) in [5, 5.41) is 3.03. The van der Waals surface area contributed by atoms with Crippen molar-refractivity contribution in [3.05, 3.63) is 53.3 Å². The first-order valence-corrected chi connectivity index (χ1v) is 11.4. The Hall–Kier alpha value is -2.16. The molecule has 7 nitrogen and oxygen atoms in total. The normalized spacial score (nSPS) is 16.7. The van der Waals surface area contributed by atoms with Crippen LogP contribution in [0.1, 0.15) is 48.4 Å². The predicted octanol–water partition coefficient (Wildman–Crippen LogP) is 2.73. The average molecular weight is 420 g/mol. The summed E-state index contributed by atoms with van der Waals surface area (Å²) >= 11 is 0.